The second-order valence-electron chi connectivity index (χ2n) is 3.86. The molecule has 0 heterocycles. The Morgan fingerprint density at radius 3 is 2.43 bits per heavy atom. The molecule has 0 spiro atoms. The van der Waals surface area contributed by atoms with Crippen LogP contribution in [-0.2, 0) is 4.79 Å². The third-order valence-corrected chi connectivity index (χ3v) is 1.72. The number of hydrogen-bond acceptors (Lipinski definition) is 3. The predicted molar refractivity (Wildman–Crippen MR) is 57.1 cm³/mol. The van der Waals surface area contributed by atoms with Gasteiger partial charge in [-0.15, -0.1) is 0 Å². The molecule has 0 aromatic rings. The van der Waals surface area contributed by atoms with Gasteiger partial charge in [-0.25, -0.2) is 0 Å². The Morgan fingerprint density at radius 2 is 1.93 bits per heavy atom. The van der Waals surface area contributed by atoms with E-state index in [0.717, 1.165) is 13.0 Å². The van der Waals surface area contributed by atoms with Crippen molar-refractivity contribution in [3.8, 4) is 0 Å². The van der Waals surface area contributed by atoms with E-state index in [2.05, 4.69) is 10.6 Å². The van der Waals surface area contributed by atoms with Gasteiger partial charge in [0.1, 0.15) is 0 Å². The summed E-state index contributed by atoms with van der Waals surface area (Å²) in [5, 5.41) is 14.9. The summed E-state index contributed by atoms with van der Waals surface area (Å²) in [7, 11) is 0. The maximum absolute atomic E-state index is 11.1. The lowest BCUT2D eigenvalue weighted by Crippen LogP contribution is -2.33. The van der Waals surface area contributed by atoms with Crippen LogP contribution in [0.4, 0.5) is 0 Å². The van der Waals surface area contributed by atoms with E-state index in [0.29, 0.717) is 13.0 Å². The van der Waals surface area contributed by atoms with Gasteiger partial charge in [-0.1, -0.05) is 0 Å². The normalized spacial score (nSPS) is 12.9. The van der Waals surface area contributed by atoms with E-state index in [4.69, 9.17) is 5.11 Å². The van der Waals surface area contributed by atoms with E-state index in [-0.39, 0.29) is 18.1 Å². The van der Waals surface area contributed by atoms with Crippen LogP contribution in [0.1, 0.15) is 33.6 Å². The van der Waals surface area contributed by atoms with Gasteiger partial charge in [0.2, 0.25) is 5.91 Å². The smallest absolute Gasteiger partial charge is 0.221 e. The van der Waals surface area contributed by atoms with E-state index in [1.165, 1.54) is 0 Å². The van der Waals surface area contributed by atoms with Gasteiger partial charge < -0.3 is 15.7 Å². The fraction of sp³-hybridized carbons (Fsp3) is 0.900. The van der Waals surface area contributed by atoms with Crippen molar-refractivity contribution in [2.24, 2.45) is 0 Å². The molecule has 4 heteroatoms. The van der Waals surface area contributed by atoms with Gasteiger partial charge >= 0.3 is 0 Å². The standard InChI is InChI=1S/C10H22N2O2/c1-8(2)12-10(14)5-7-11-6-4-9(3)13/h8-9,11,13H,4-7H2,1-3H3,(H,12,14). The number of amides is 1. The fourth-order valence-electron chi connectivity index (χ4n) is 1.03. The summed E-state index contributed by atoms with van der Waals surface area (Å²) in [6.07, 6.45) is 0.955. The predicted octanol–water partition coefficient (Wildman–Crippen LogP) is 0.262. The van der Waals surface area contributed by atoms with Crippen molar-refractivity contribution in [3.05, 3.63) is 0 Å². The zero-order valence-corrected chi connectivity index (χ0v) is 9.34. The van der Waals surface area contributed by atoms with E-state index >= 15 is 0 Å². The Balaban J connectivity index is 3.23. The molecule has 0 bridgehead atoms. The maximum Gasteiger partial charge on any atom is 0.221 e. The highest BCUT2D eigenvalue weighted by atomic mass is 16.3. The van der Waals surface area contributed by atoms with Crippen LogP contribution < -0.4 is 10.6 Å². The summed E-state index contributed by atoms with van der Waals surface area (Å²) in [6, 6.07) is 0.208. The minimum Gasteiger partial charge on any atom is -0.393 e. The quantitative estimate of drug-likeness (QED) is 0.519. The van der Waals surface area contributed by atoms with E-state index in [1.54, 1.807) is 6.92 Å². The van der Waals surface area contributed by atoms with Crippen LogP contribution in [0.2, 0.25) is 0 Å². The van der Waals surface area contributed by atoms with E-state index in [1.807, 2.05) is 13.8 Å². The molecule has 0 saturated heterocycles. The van der Waals surface area contributed by atoms with Crippen LogP contribution in [0.15, 0.2) is 0 Å². The zero-order valence-electron chi connectivity index (χ0n) is 9.34. The molecule has 1 unspecified atom stereocenters. The Hall–Kier alpha value is -0.610. The van der Waals surface area contributed by atoms with Gasteiger partial charge in [0, 0.05) is 19.0 Å². The number of aliphatic hydroxyl groups is 1. The minimum atomic E-state index is -0.271. The Labute approximate surface area is 86.1 Å². The summed E-state index contributed by atoms with van der Waals surface area (Å²) in [4.78, 5) is 11.1. The first-order chi connectivity index (χ1) is 6.52. The second kappa shape index (κ2) is 7.76. The maximum atomic E-state index is 11.1. The van der Waals surface area contributed by atoms with Gasteiger partial charge in [-0.2, -0.15) is 0 Å². The molecule has 1 amide bonds. The van der Waals surface area contributed by atoms with Crippen LogP contribution in [0.3, 0.4) is 0 Å². The number of nitrogens with one attached hydrogen (secondary N) is 2. The largest absolute Gasteiger partial charge is 0.393 e. The molecule has 0 aliphatic heterocycles. The summed E-state index contributed by atoms with van der Waals surface area (Å²) in [6.45, 7) is 7.07. The van der Waals surface area contributed by atoms with Crippen molar-refractivity contribution in [3.63, 3.8) is 0 Å². The number of hydrogen-bond donors (Lipinski definition) is 3. The molecular formula is C10H22N2O2. The Bertz CT molecular complexity index is 158. The highest BCUT2D eigenvalue weighted by Gasteiger charge is 2.02. The molecule has 0 aromatic carbocycles. The third kappa shape index (κ3) is 9.48. The molecule has 3 N–H and O–H groups in total. The monoisotopic (exact) mass is 202 g/mol. The molecule has 4 nitrogen and oxygen atoms in total. The fourth-order valence-corrected chi connectivity index (χ4v) is 1.03. The molecular weight excluding hydrogens is 180 g/mol. The minimum absolute atomic E-state index is 0.0737. The lowest BCUT2D eigenvalue weighted by atomic mass is 10.3. The Morgan fingerprint density at radius 1 is 1.29 bits per heavy atom. The topological polar surface area (TPSA) is 61.4 Å². The molecule has 0 aromatic heterocycles. The van der Waals surface area contributed by atoms with Crippen LogP contribution in [0.25, 0.3) is 0 Å². The van der Waals surface area contributed by atoms with Crippen molar-refractivity contribution < 1.29 is 9.90 Å². The number of rotatable bonds is 7. The van der Waals surface area contributed by atoms with E-state index in [9.17, 15) is 4.79 Å². The van der Waals surface area contributed by atoms with Crippen LogP contribution >= 0.6 is 0 Å². The molecule has 0 rings (SSSR count). The lowest BCUT2D eigenvalue weighted by molar-refractivity contribution is -0.121. The van der Waals surface area contributed by atoms with Gasteiger partial charge in [0.05, 0.1) is 6.10 Å². The highest BCUT2D eigenvalue weighted by Crippen LogP contribution is 1.87. The average molecular weight is 202 g/mol. The molecule has 0 radical (unpaired) electrons. The second-order valence-corrected chi connectivity index (χ2v) is 3.86. The molecule has 84 valence electrons. The van der Waals surface area contributed by atoms with Crippen molar-refractivity contribution in [1.82, 2.24) is 10.6 Å². The average Bonchev–Trinajstić information content (AvgIpc) is 2.01. The zero-order chi connectivity index (χ0) is 11.0. The van der Waals surface area contributed by atoms with Crippen LogP contribution in [0.5, 0.6) is 0 Å². The number of aliphatic hydroxyl groups excluding tert-OH is 1. The van der Waals surface area contributed by atoms with Gasteiger partial charge in [0.15, 0.2) is 0 Å². The van der Waals surface area contributed by atoms with Crippen LogP contribution in [0, 0.1) is 0 Å². The van der Waals surface area contributed by atoms with Gasteiger partial charge in [-0.3, -0.25) is 4.79 Å². The van der Waals surface area contributed by atoms with Gasteiger partial charge in [0.25, 0.3) is 0 Å². The van der Waals surface area contributed by atoms with Crippen molar-refractivity contribution in [2.45, 2.75) is 45.8 Å². The van der Waals surface area contributed by atoms with E-state index < -0.39 is 0 Å². The first-order valence-corrected chi connectivity index (χ1v) is 5.20. The molecule has 14 heavy (non-hydrogen) atoms. The van der Waals surface area contributed by atoms with Crippen molar-refractivity contribution in [2.75, 3.05) is 13.1 Å². The summed E-state index contributed by atoms with van der Waals surface area (Å²) in [5.41, 5.74) is 0. The highest BCUT2D eigenvalue weighted by molar-refractivity contribution is 5.76. The molecule has 0 fully saturated rings. The summed E-state index contributed by atoms with van der Waals surface area (Å²) >= 11 is 0. The van der Waals surface area contributed by atoms with Crippen LogP contribution in [-0.4, -0.2) is 36.2 Å². The lowest BCUT2D eigenvalue weighted by Gasteiger charge is -2.09. The number of carbonyl (C=O) groups is 1. The molecule has 0 aliphatic rings. The number of carbonyl (C=O) groups excluding carboxylic acids is 1. The molecule has 0 saturated carbocycles. The molecule has 0 aliphatic carbocycles. The van der Waals surface area contributed by atoms with Crippen molar-refractivity contribution >= 4 is 5.91 Å². The summed E-state index contributed by atoms with van der Waals surface area (Å²) < 4.78 is 0. The SMILES string of the molecule is CC(O)CCNCCC(=O)NC(C)C. The summed E-state index contributed by atoms with van der Waals surface area (Å²) in [5.74, 6) is 0.0737. The van der Waals surface area contributed by atoms with Crippen molar-refractivity contribution in [1.29, 1.82) is 0 Å². The third-order valence-electron chi connectivity index (χ3n) is 1.72. The first kappa shape index (κ1) is 13.4. The molecule has 1 atom stereocenters. The first-order valence-electron chi connectivity index (χ1n) is 5.20. The Kier molecular flexibility index (Phi) is 7.42. The van der Waals surface area contributed by atoms with Gasteiger partial charge in [-0.05, 0) is 33.7 Å².